The first-order valence-electron chi connectivity index (χ1n) is 8.55. The Labute approximate surface area is 151 Å². The maximum absolute atomic E-state index is 6.19. The van der Waals surface area contributed by atoms with Crippen LogP contribution in [0.5, 0.6) is 5.75 Å². The fourth-order valence-corrected chi connectivity index (χ4v) is 2.93. The van der Waals surface area contributed by atoms with E-state index in [4.69, 9.17) is 10.5 Å². The van der Waals surface area contributed by atoms with Crippen LogP contribution in [0, 0.1) is 0 Å². The van der Waals surface area contributed by atoms with Gasteiger partial charge in [-0.3, -0.25) is 5.10 Å². The number of benzene rings is 2. The number of aromatic amines is 1. The van der Waals surface area contributed by atoms with Gasteiger partial charge in [-0.2, -0.15) is 5.10 Å². The molecule has 4 aromatic rings. The van der Waals surface area contributed by atoms with Crippen LogP contribution < -0.4 is 10.5 Å². The Bertz CT molecular complexity index is 1090. The number of nitrogens with two attached hydrogens (primary N) is 1. The first-order chi connectivity index (χ1) is 12.4. The van der Waals surface area contributed by atoms with Gasteiger partial charge in [0.05, 0.1) is 5.39 Å². The Kier molecular flexibility index (Phi) is 3.76. The Morgan fingerprint density at radius 2 is 1.81 bits per heavy atom. The van der Waals surface area contributed by atoms with E-state index in [0.717, 1.165) is 21.9 Å². The quantitative estimate of drug-likeness (QED) is 0.585. The molecule has 0 fully saturated rings. The van der Waals surface area contributed by atoms with E-state index in [-0.39, 0.29) is 12.0 Å². The van der Waals surface area contributed by atoms with Crippen molar-refractivity contribution in [1.82, 2.24) is 20.2 Å². The van der Waals surface area contributed by atoms with Crippen LogP contribution in [0.2, 0.25) is 0 Å². The molecule has 6 heteroatoms. The van der Waals surface area contributed by atoms with Gasteiger partial charge < -0.3 is 10.5 Å². The summed E-state index contributed by atoms with van der Waals surface area (Å²) in [5.41, 5.74) is 7.34. The number of fused-ring (bicyclic) bond motifs is 2. The molecule has 2 heterocycles. The summed E-state index contributed by atoms with van der Waals surface area (Å²) < 4.78 is 6.03. The zero-order chi connectivity index (χ0) is 18.3. The molecule has 0 unspecified atom stereocenters. The van der Waals surface area contributed by atoms with Gasteiger partial charge >= 0.3 is 0 Å². The topological polar surface area (TPSA) is 89.7 Å². The number of nitrogens with one attached hydrogen (secondary N) is 1. The lowest BCUT2D eigenvalue weighted by Gasteiger charge is -2.16. The molecular formula is C20H21N5O. The number of H-pyrrole nitrogens is 1. The molecule has 3 N–H and O–H groups in total. The minimum atomic E-state index is -0.187. The summed E-state index contributed by atoms with van der Waals surface area (Å²) in [5.74, 6) is 1.92. The van der Waals surface area contributed by atoms with Crippen molar-refractivity contribution in [1.29, 1.82) is 0 Å². The van der Waals surface area contributed by atoms with Crippen LogP contribution in [-0.4, -0.2) is 20.2 Å². The van der Waals surface area contributed by atoms with Crippen molar-refractivity contribution in [3.05, 3.63) is 54.0 Å². The lowest BCUT2D eigenvalue weighted by molar-refractivity contribution is 0.306. The van der Waals surface area contributed by atoms with Crippen LogP contribution in [-0.2, 0) is 12.0 Å². The van der Waals surface area contributed by atoms with Gasteiger partial charge in [-0.1, -0.05) is 57.2 Å². The predicted octanol–water partition coefficient (Wildman–Crippen LogP) is 3.96. The van der Waals surface area contributed by atoms with E-state index in [1.165, 1.54) is 0 Å². The number of ether oxygens (including phenoxy) is 1. The van der Waals surface area contributed by atoms with Crippen molar-refractivity contribution in [2.75, 3.05) is 5.73 Å². The van der Waals surface area contributed by atoms with E-state index in [9.17, 15) is 0 Å². The van der Waals surface area contributed by atoms with Gasteiger partial charge in [-0.25, -0.2) is 9.97 Å². The van der Waals surface area contributed by atoms with Crippen molar-refractivity contribution >= 4 is 27.6 Å². The highest BCUT2D eigenvalue weighted by Crippen LogP contribution is 2.28. The lowest BCUT2D eigenvalue weighted by Crippen LogP contribution is -2.17. The molecule has 0 saturated carbocycles. The molecule has 6 nitrogen and oxygen atoms in total. The Hall–Kier alpha value is -3.15. The summed E-state index contributed by atoms with van der Waals surface area (Å²) in [5, 5.41) is 10.2. The van der Waals surface area contributed by atoms with Crippen LogP contribution >= 0.6 is 0 Å². The average molecular weight is 347 g/mol. The van der Waals surface area contributed by atoms with Crippen molar-refractivity contribution in [3.63, 3.8) is 0 Å². The highest BCUT2D eigenvalue weighted by atomic mass is 16.5. The molecule has 0 aliphatic rings. The normalized spacial score (nSPS) is 12.0. The van der Waals surface area contributed by atoms with Crippen molar-refractivity contribution in [2.45, 2.75) is 32.8 Å². The van der Waals surface area contributed by atoms with Gasteiger partial charge in [-0.15, -0.1) is 0 Å². The molecule has 132 valence electrons. The van der Waals surface area contributed by atoms with Crippen LogP contribution in [0.4, 0.5) is 5.82 Å². The zero-order valence-corrected chi connectivity index (χ0v) is 15.1. The molecule has 2 aromatic carbocycles. The van der Waals surface area contributed by atoms with E-state index in [2.05, 4.69) is 53.1 Å². The number of nitrogen functional groups attached to an aromatic ring is 1. The first-order valence-corrected chi connectivity index (χ1v) is 8.55. The summed E-state index contributed by atoms with van der Waals surface area (Å²) >= 11 is 0. The highest BCUT2D eigenvalue weighted by molar-refractivity contribution is 5.89. The number of aromatic nitrogens is 4. The van der Waals surface area contributed by atoms with Gasteiger partial charge in [0.25, 0.3) is 0 Å². The number of rotatable bonds is 3. The molecule has 0 amide bonds. The summed E-state index contributed by atoms with van der Waals surface area (Å²) in [6, 6.07) is 14.1. The van der Waals surface area contributed by atoms with Gasteiger partial charge in [0.2, 0.25) is 0 Å². The van der Waals surface area contributed by atoms with Crippen LogP contribution in [0.15, 0.2) is 42.5 Å². The maximum atomic E-state index is 6.19. The highest BCUT2D eigenvalue weighted by Gasteiger charge is 2.21. The van der Waals surface area contributed by atoms with E-state index < -0.39 is 0 Å². The molecule has 0 atom stereocenters. The maximum Gasteiger partial charge on any atom is 0.161 e. The molecule has 4 rings (SSSR count). The number of hydrogen-bond acceptors (Lipinski definition) is 5. The summed E-state index contributed by atoms with van der Waals surface area (Å²) in [6.45, 7) is 6.44. The average Bonchev–Trinajstić information content (AvgIpc) is 3.03. The third-order valence-electron chi connectivity index (χ3n) is 4.31. The lowest BCUT2D eigenvalue weighted by atomic mass is 9.95. The number of hydrogen-bond donors (Lipinski definition) is 2. The van der Waals surface area contributed by atoms with Gasteiger partial charge in [0.15, 0.2) is 5.65 Å². The van der Waals surface area contributed by atoms with E-state index in [0.29, 0.717) is 23.0 Å². The number of nitrogens with zero attached hydrogens (tertiary/aromatic N) is 3. The smallest absolute Gasteiger partial charge is 0.161 e. The molecule has 26 heavy (non-hydrogen) atoms. The summed E-state index contributed by atoms with van der Waals surface area (Å²) in [6.07, 6.45) is 0. The van der Waals surface area contributed by atoms with Crippen LogP contribution in [0.3, 0.4) is 0 Å². The second kappa shape index (κ2) is 5.98. The van der Waals surface area contributed by atoms with Crippen molar-refractivity contribution in [3.8, 4) is 5.75 Å². The molecule has 0 aliphatic heterocycles. The van der Waals surface area contributed by atoms with E-state index >= 15 is 0 Å². The van der Waals surface area contributed by atoms with Crippen molar-refractivity contribution < 1.29 is 4.74 Å². The van der Waals surface area contributed by atoms with Crippen LogP contribution in [0.25, 0.3) is 21.8 Å². The fourth-order valence-electron chi connectivity index (χ4n) is 2.93. The third-order valence-corrected chi connectivity index (χ3v) is 4.31. The molecule has 2 aromatic heterocycles. The van der Waals surface area contributed by atoms with Crippen molar-refractivity contribution in [2.24, 2.45) is 0 Å². The molecule has 0 bridgehead atoms. The second-order valence-electron chi connectivity index (χ2n) is 7.34. The molecule has 0 aliphatic carbocycles. The Morgan fingerprint density at radius 3 is 2.62 bits per heavy atom. The monoisotopic (exact) mass is 347 g/mol. The molecule has 0 spiro atoms. The second-order valence-corrected chi connectivity index (χ2v) is 7.34. The van der Waals surface area contributed by atoms with Gasteiger partial charge in [-0.05, 0) is 11.5 Å². The Morgan fingerprint density at radius 1 is 1.04 bits per heavy atom. The minimum absolute atomic E-state index is 0.187. The van der Waals surface area contributed by atoms with Gasteiger partial charge in [0.1, 0.15) is 29.7 Å². The fraction of sp³-hybridized carbons (Fsp3) is 0.250. The van der Waals surface area contributed by atoms with Crippen LogP contribution in [0.1, 0.15) is 32.3 Å². The zero-order valence-electron chi connectivity index (χ0n) is 15.1. The standard InChI is InChI=1S/C20H21N5O/c1-20(2,3)19-22-17(21)16-14(24-25-18(16)23-19)11-26-15-10-6-8-12-7-4-5-9-13(12)15/h4-10H,11H2,1-3H3,(H3,21,22,23,24,25). The number of anilines is 1. The molecular weight excluding hydrogens is 326 g/mol. The molecule has 0 radical (unpaired) electrons. The van der Waals surface area contributed by atoms with E-state index in [1.54, 1.807) is 0 Å². The minimum Gasteiger partial charge on any atom is -0.487 e. The largest absolute Gasteiger partial charge is 0.487 e. The first kappa shape index (κ1) is 16.3. The summed E-state index contributed by atoms with van der Waals surface area (Å²) in [7, 11) is 0. The molecule has 0 saturated heterocycles. The predicted molar refractivity (Wildman–Crippen MR) is 103 cm³/mol. The van der Waals surface area contributed by atoms with Gasteiger partial charge in [0, 0.05) is 10.8 Å². The Balaban J connectivity index is 1.68. The van der Waals surface area contributed by atoms with E-state index in [1.807, 2.05) is 30.3 Å². The SMILES string of the molecule is CC(C)(C)c1nc(N)c2c(COc3cccc4ccccc34)n[nH]c2n1. The summed E-state index contributed by atoms with van der Waals surface area (Å²) in [4.78, 5) is 9.03. The third kappa shape index (κ3) is 2.83.